The second-order valence-electron chi connectivity index (χ2n) is 4.37. The number of carboxylic acid groups (broad SMARTS) is 1. The van der Waals surface area contributed by atoms with Gasteiger partial charge in [-0.2, -0.15) is 0 Å². The minimum absolute atomic E-state index is 0.0890. The van der Waals surface area contributed by atoms with E-state index in [1.165, 1.54) is 13.0 Å². The number of furan rings is 1. The van der Waals surface area contributed by atoms with Crippen molar-refractivity contribution in [2.45, 2.75) is 18.7 Å². The molecular weight excluding hydrogens is 301 g/mol. The number of rotatable bonds is 4. The number of hydrogen-bond donors (Lipinski definition) is 2. The predicted molar refractivity (Wildman–Crippen MR) is 72.3 cm³/mol. The molecule has 2 N–H and O–H groups in total. The Kier molecular flexibility index (Phi) is 3.73. The smallest absolute Gasteiger partial charge is 0.371 e. The van der Waals surface area contributed by atoms with Crippen LogP contribution < -0.4 is 4.72 Å². The van der Waals surface area contributed by atoms with Crippen LogP contribution in [-0.2, 0) is 10.0 Å². The van der Waals surface area contributed by atoms with Gasteiger partial charge in [-0.05, 0) is 25.5 Å². The SMILES string of the molecule is Cc1cccc(F)c1NS(=O)(=O)c1cc(C(=O)O)oc1C. The first-order valence-corrected chi connectivity index (χ1v) is 7.32. The number of hydrogen-bond acceptors (Lipinski definition) is 4. The van der Waals surface area contributed by atoms with Crippen molar-refractivity contribution in [3.63, 3.8) is 0 Å². The maximum Gasteiger partial charge on any atom is 0.371 e. The zero-order chi connectivity index (χ0) is 15.8. The fourth-order valence-electron chi connectivity index (χ4n) is 1.79. The zero-order valence-corrected chi connectivity index (χ0v) is 12.0. The maximum atomic E-state index is 13.7. The monoisotopic (exact) mass is 313 g/mol. The van der Waals surface area contributed by atoms with Crippen LogP contribution in [0.15, 0.2) is 33.6 Å². The molecule has 112 valence electrons. The van der Waals surface area contributed by atoms with Crippen LogP contribution in [0.4, 0.5) is 10.1 Å². The molecule has 0 aliphatic carbocycles. The van der Waals surface area contributed by atoms with Gasteiger partial charge in [-0.25, -0.2) is 17.6 Å². The summed E-state index contributed by atoms with van der Waals surface area (Å²) in [6.07, 6.45) is 0. The Hall–Kier alpha value is -2.35. The van der Waals surface area contributed by atoms with Crippen LogP contribution in [-0.4, -0.2) is 19.5 Å². The van der Waals surface area contributed by atoms with Gasteiger partial charge in [-0.15, -0.1) is 0 Å². The molecule has 0 radical (unpaired) electrons. The number of carbonyl (C=O) groups is 1. The van der Waals surface area contributed by atoms with Crippen molar-refractivity contribution in [2.24, 2.45) is 0 Å². The summed E-state index contributed by atoms with van der Waals surface area (Å²) in [5.74, 6) is -2.70. The van der Waals surface area contributed by atoms with E-state index in [0.717, 1.165) is 12.1 Å². The molecule has 2 rings (SSSR count). The van der Waals surface area contributed by atoms with E-state index in [1.807, 2.05) is 0 Å². The fourth-order valence-corrected chi connectivity index (χ4v) is 3.11. The van der Waals surface area contributed by atoms with Crippen molar-refractivity contribution in [3.05, 3.63) is 47.2 Å². The van der Waals surface area contributed by atoms with Gasteiger partial charge in [-0.1, -0.05) is 12.1 Å². The first-order chi connectivity index (χ1) is 9.72. The molecule has 8 heteroatoms. The molecule has 21 heavy (non-hydrogen) atoms. The highest BCUT2D eigenvalue weighted by Crippen LogP contribution is 2.26. The van der Waals surface area contributed by atoms with Gasteiger partial charge in [0.25, 0.3) is 10.0 Å². The average Bonchev–Trinajstić information content (AvgIpc) is 2.77. The molecule has 0 amide bonds. The molecule has 1 heterocycles. The van der Waals surface area contributed by atoms with Gasteiger partial charge in [0.05, 0.1) is 5.69 Å². The van der Waals surface area contributed by atoms with Crippen LogP contribution in [0.1, 0.15) is 21.9 Å². The van der Waals surface area contributed by atoms with E-state index in [1.54, 1.807) is 13.0 Å². The summed E-state index contributed by atoms with van der Waals surface area (Å²) in [5, 5.41) is 8.80. The zero-order valence-electron chi connectivity index (χ0n) is 11.2. The van der Waals surface area contributed by atoms with Gasteiger partial charge in [-0.3, -0.25) is 4.72 Å². The standard InChI is InChI=1S/C13H12FNO5S/c1-7-4-3-5-9(14)12(7)15-21(18,19)11-6-10(13(16)17)20-8(11)2/h3-6,15H,1-2H3,(H,16,17). The number of nitrogens with one attached hydrogen (secondary N) is 1. The van der Waals surface area contributed by atoms with Crippen LogP contribution in [0.5, 0.6) is 0 Å². The van der Waals surface area contributed by atoms with Gasteiger partial charge < -0.3 is 9.52 Å². The second kappa shape index (κ2) is 5.21. The molecule has 1 aromatic carbocycles. The van der Waals surface area contributed by atoms with Crippen molar-refractivity contribution in [1.29, 1.82) is 0 Å². The summed E-state index contributed by atoms with van der Waals surface area (Å²) in [6.45, 7) is 2.86. The molecule has 0 atom stereocenters. The Labute approximate surface area is 120 Å². The fraction of sp³-hybridized carbons (Fsp3) is 0.154. The lowest BCUT2D eigenvalue weighted by molar-refractivity contribution is 0.0661. The van der Waals surface area contributed by atoms with Crippen LogP contribution >= 0.6 is 0 Å². The largest absolute Gasteiger partial charge is 0.475 e. The van der Waals surface area contributed by atoms with E-state index in [2.05, 4.69) is 4.72 Å². The molecule has 0 saturated carbocycles. The molecule has 0 aliphatic rings. The summed E-state index contributed by atoms with van der Waals surface area (Å²) in [6, 6.07) is 5.01. The van der Waals surface area contributed by atoms with Crippen LogP contribution in [0, 0.1) is 19.7 Å². The Morgan fingerprint density at radius 3 is 2.52 bits per heavy atom. The number of halogens is 1. The maximum absolute atomic E-state index is 13.7. The quantitative estimate of drug-likeness (QED) is 0.904. The van der Waals surface area contributed by atoms with Crippen molar-refractivity contribution >= 4 is 21.7 Å². The Balaban J connectivity index is 2.46. The molecule has 0 spiro atoms. The third kappa shape index (κ3) is 2.89. The number of sulfonamides is 1. The lowest BCUT2D eigenvalue weighted by Crippen LogP contribution is -2.15. The molecule has 0 saturated heterocycles. The summed E-state index contributed by atoms with van der Waals surface area (Å²) in [7, 11) is -4.15. The third-order valence-corrected chi connectivity index (χ3v) is 4.29. The van der Waals surface area contributed by atoms with Gasteiger partial charge in [0.1, 0.15) is 16.5 Å². The highest BCUT2D eigenvalue weighted by molar-refractivity contribution is 7.92. The number of anilines is 1. The summed E-state index contributed by atoms with van der Waals surface area (Å²) in [5.41, 5.74) is 0.216. The van der Waals surface area contributed by atoms with Crippen LogP contribution in [0.2, 0.25) is 0 Å². The number of carboxylic acids is 1. The molecule has 0 aliphatic heterocycles. The van der Waals surface area contributed by atoms with E-state index in [-0.39, 0.29) is 16.3 Å². The number of para-hydroxylation sites is 1. The van der Waals surface area contributed by atoms with Gasteiger partial charge >= 0.3 is 5.97 Å². The van der Waals surface area contributed by atoms with E-state index in [0.29, 0.717) is 5.56 Å². The van der Waals surface area contributed by atoms with E-state index in [9.17, 15) is 17.6 Å². The van der Waals surface area contributed by atoms with E-state index in [4.69, 9.17) is 9.52 Å². The lowest BCUT2D eigenvalue weighted by Gasteiger charge is -2.10. The highest BCUT2D eigenvalue weighted by atomic mass is 32.2. The first-order valence-electron chi connectivity index (χ1n) is 5.84. The second-order valence-corrected chi connectivity index (χ2v) is 6.02. The molecule has 1 aromatic heterocycles. The summed E-state index contributed by atoms with van der Waals surface area (Å²) >= 11 is 0. The highest BCUT2D eigenvalue weighted by Gasteiger charge is 2.25. The first kappa shape index (κ1) is 15.0. The Morgan fingerprint density at radius 1 is 1.33 bits per heavy atom. The van der Waals surface area contributed by atoms with Gasteiger partial charge in [0, 0.05) is 6.07 Å². The number of aryl methyl sites for hydroxylation is 2. The van der Waals surface area contributed by atoms with Gasteiger partial charge in [0.2, 0.25) is 5.76 Å². The van der Waals surface area contributed by atoms with Crippen molar-refractivity contribution in [1.82, 2.24) is 0 Å². The molecule has 0 unspecified atom stereocenters. The summed E-state index contributed by atoms with van der Waals surface area (Å²) in [4.78, 5) is 10.4. The van der Waals surface area contributed by atoms with Crippen molar-refractivity contribution < 1.29 is 27.1 Å². The van der Waals surface area contributed by atoms with E-state index >= 15 is 0 Å². The third-order valence-electron chi connectivity index (χ3n) is 2.83. The normalized spacial score (nSPS) is 11.4. The van der Waals surface area contributed by atoms with Gasteiger partial charge in [0.15, 0.2) is 0 Å². The Bertz CT molecular complexity index is 790. The van der Waals surface area contributed by atoms with Crippen molar-refractivity contribution in [3.8, 4) is 0 Å². The molecule has 2 aromatic rings. The topological polar surface area (TPSA) is 96.6 Å². The minimum Gasteiger partial charge on any atom is -0.475 e. The lowest BCUT2D eigenvalue weighted by atomic mass is 10.2. The number of aromatic carboxylic acids is 1. The van der Waals surface area contributed by atoms with Crippen LogP contribution in [0.3, 0.4) is 0 Å². The predicted octanol–water partition coefficient (Wildman–Crippen LogP) is 2.53. The molecule has 0 bridgehead atoms. The molecular formula is C13H12FNO5S. The van der Waals surface area contributed by atoms with Crippen LogP contribution in [0.25, 0.3) is 0 Å². The Morgan fingerprint density at radius 2 is 2.00 bits per heavy atom. The molecule has 0 fully saturated rings. The average molecular weight is 313 g/mol. The van der Waals surface area contributed by atoms with E-state index < -0.39 is 27.6 Å². The van der Waals surface area contributed by atoms with Crippen molar-refractivity contribution in [2.75, 3.05) is 4.72 Å². The summed E-state index contributed by atoms with van der Waals surface area (Å²) < 4.78 is 45.1. The molecule has 6 nitrogen and oxygen atoms in total. The minimum atomic E-state index is -4.15. The number of benzene rings is 1.